The second kappa shape index (κ2) is 10.8. The molecule has 0 atom stereocenters. The van der Waals surface area contributed by atoms with Crippen molar-refractivity contribution in [1.82, 2.24) is 15.2 Å². The van der Waals surface area contributed by atoms with Crippen LogP contribution in [0.15, 0.2) is 35.5 Å². The Kier molecular flexibility index (Phi) is 8.82. The fourth-order valence-electron chi connectivity index (χ4n) is 3.20. The lowest BCUT2D eigenvalue weighted by Gasteiger charge is -2.37. The fraction of sp³-hybridized carbons (Fsp3) is 0.500. The molecule has 2 aromatic rings. The molecule has 5 nitrogen and oxygen atoms in total. The lowest BCUT2D eigenvalue weighted by molar-refractivity contribution is 0.372. The van der Waals surface area contributed by atoms with Crippen LogP contribution in [-0.2, 0) is 6.42 Å². The SMILES string of the molecule is CCNC(=NCCc1ncc(C)s1)N1CCN(c2cccc(C)c2)CC1.I. The Balaban J connectivity index is 0.00000261. The van der Waals surface area contributed by atoms with E-state index in [2.05, 4.69) is 65.1 Å². The number of guanidine groups is 1. The molecular formula is C20H30IN5S. The van der Waals surface area contributed by atoms with E-state index in [1.54, 1.807) is 11.3 Å². The average Bonchev–Trinajstić information content (AvgIpc) is 3.06. The molecular weight excluding hydrogens is 469 g/mol. The number of nitrogens with one attached hydrogen (secondary N) is 1. The second-order valence-corrected chi connectivity index (χ2v) is 7.98. The van der Waals surface area contributed by atoms with Gasteiger partial charge in [-0.1, -0.05) is 12.1 Å². The monoisotopic (exact) mass is 499 g/mol. The molecule has 1 fully saturated rings. The van der Waals surface area contributed by atoms with Crippen molar-refractivity contribution in [3.8, 4) is 0 Å². The van der Waals surface area contributed by atoms with Crippen LogP contribution in [0.25, 0.3) is 0 Å². The zero-order valence-corrected chi connectivity index (χ0v) is 19.6. The first kappa shape index (κ1) is 21.9. The predicted molar refractivity (Wildman–Crippen MR) is 127 cm³/mol. The number of thiazole rings is 1. The molecule has 0 unspecified atom stereocenters. The van der Waals surface area contributed by atoms with Crippen LogP contribution in [0.5, 0.6) is 0 Å². The van der Waals surface area contributed by atoms with Gasteiger partial charge in [0.15, 0.2) is 5.96 Å². The molecule has 0 bridgehead atoms. The van der Waals surface area contributed by atoms with E-state index in [9.17, 15) is 0 Å². The summed E-state index contributed by atoms with van der Waals surface area (Å²) in [5, 5.41) is 4.62. The van der Waals surface area contributed by atoms with Crippen molar-refractivity contribution in [2.75, 3.05) is 44.2 Å². The molecule has 0 saturated carbocycles. The van der Waals surface area contributed by atoms with Crippen LogP contribution < -0.4 is 10.2 Å². The number of aryl methyl sites for hydroxylation is 2. The number of aromatic nitrogens is 1. The van der Waals surface area contributed by atoms with Gasteiger partial charge in [0.25, 0.3) is 0 Å². The third kappa shape index (κ3) is 6.34. The quantitative estimate of drug-likeness (QED) is 0.387. The first-order valence-electron chi connectivity index (χ1n) is 9.42. The van der Waals surface area contributed by atoms with Crippen molar-refractivity contribution in [2.45, 2.75) is 27.2 Å². The van der Waals surface area contributed by atoms with Crippen LogP contribution in [0, 0.1) is 13.8 Å². The minimum absolute atomic E-state index is 0. The van der Waals surface area contributed by atoms with Crippen LogP contribution in [0.3, 0.4) is 0 Å². The molecule has 1 aromatic heterocycles. The van der Waals surface area contributed by atoms with E-state index in [-0.39, 0.29) is 24.0 Å². The first-order chi connectivity index (χ1) is 12.7. The minimum atomic E-state index is 0. The third-order valence-electron chi connectivity index (χ3n) is 4.54. The molecule has 1 saturated heterocycles. The number of anilines is 1. The Bertz CT molecular complexity index is 737. The van der Waals surface area contributed by atoms with Gasteiger partial charge >= 0.3 is 0 Å². The average molecular weight is 499 g/mol. The first-order valence-corrected chi connectivity index (χ1v) is 10.2. The summed E-state index contributed by atoms with van der Waals surface area (Å²) in [5.74, 6) is 1.03. The highest BCUT2D eigenvalue weighted by atomic mass is 127. The van der Waals surface area contributed by atoms with Gasteiger partial charge in [-0.3, -0.25) is 4.99 Å². The number of rotatable bonds is 5. The predicted octanol–water partition coefficient (Wildman–Crippen LogP) is 3.71. The maximum absolute atomic E-state index is 4.83. The summed E-state index contributed by atoms with van der Waals surface area (Å²) in [4.78, 5) is 15.4. The number of benzene rings is 1. The highest BCUT2D eigenvalue weighted by molar-refractivity contribution is 14.0. The maximum atomic E-state index is 4.83. The number of nitrogens with zero attached hydrogens (tertiary/aromatic N) is 4. The van der Waals surface area contributed by atoms with Crippen molar-refractivity contribution >= 4 is 47.0 Å². The summed E-state index contributed by atoms with van der Waals surface area (Å²) in [6.07, 6.45) is 2.86. The lowest BCUT2D eigenvalue weighted by atomic mass is 10.2. The summed E-state index contributed by atoms with van der Waals surface area (Å²) in [7, 11) is 0. The highest BCUT2D eigenvalue weighted by Crippen LogP contribution is 2.18. The molecule has 7 heteroatoms. The largest absolute Gasteiger partial charge is 0.368 e. The number of halogens is 1. The third-order valence-corrected chi connectivity index (χ3v) is 5.51. The Morgan fingerprint density at radius 1 is 1.22 bits per heavy atom. The van der Waals surface area contributed by atoms with E-state index >= 15 is 0 Å². The molecule has 0 amide bonds. The van der Waals surface area contributed by atoms with E-state index in [1.807, 2.05) is 6.20 Å². The van der Waals surface area contributed by atoms with Crippen molar-refractivity contribution in [3.05, 3.63) is 45.9 Å². The standard InChI is InChI=1S/C20H29N5S.HI/c1-4-21-20(22-9-8-19-23-15-17(3)26-19)25-12-10-24(11-13-25)18-7-5-6-16(2)14-18;/h5-7,14-15H,4,8-13H2,1-3H3,(H,21,22);1H. The van der Waals surface area contributed by atoms with Crippen molar-refractivity contribution in [2.24, 2.45) is 4.99 Å². The molecule has 1 aliphatic rings. The molecule has 27 heavy (non-hydrogen) atoms. The van der Waals surface area contributed by atoms with Crippen LogP contribution >= 0.6 is 35.3 Å². The Morgan fingerprint density at radius 3 is 2.63 bits per heavy atom. The van der Waals surface area contributed by atoms with Gasteiger partial charge in [0, 0.05) is 62.5 Å². The Labute approximate surface area is 183 Å². The van der Waals surface area contributed by atoms with Gasteiger partial charge in [-0.05, 0) is 38.5 Å². The molecule has 3 rings (SSSR count). The summed E-state index contributed by atoms with van der Waals surface area (Å²) < 4.78 is 0. The normalized spacial score (nSPS) is 14.9. The van der Waals surface area contributed by atoms with E-state index in [1.165, 1.54) is 21.1 Å². The molecule has 0 spiro atoms. The van der Waals surface area contributed by atoms with Gasteiger partial charge in [-0.25, -0.2) is 4.98 Å². The highest BCUT2D eigenvalue weighted by Gasteiger charge is 2.19. The Morgan fingerprint density at radius 2 is 2.00 bits per heavy atom. The van der Waals surface area contributed by atoms with Crippen molar-refractivity contribution < 1.29 is 0 Å². The zero-order valence-electron chi connectivity index (χ0n) is 16.4. The molecule has 1 N–H and O–H groups in total. The van der Waals surface area contributed by atoms with Crippen LogP contribution in [0.4, 0.5) is 5.69 Å². The van der Waals surface area contributed by atoms with E-state index in [0.717, 1.165) is 51.6 Å². The minimum Gasteiger partial charge on any atom is -0.368 e. The molecule has 148 valence electrons. The topological polar surface area (TPSA) is 43.8 Å². The molecule has 1 aromatic carbocycles. The van der Waals surface area contributed by atoms with Gasteiger partial charge in [0.05, 0.1) is 5.01 Å². The molecule has 0 aliphatic carbocycles. The van der Waals surface area contributed by atoms with Gasteiger partial charge in [0.1, 0.15) is 0 Å². The number of hydrogen-bond acceptors (Lipinski definition) is 4. The van der Waals surface area contributed by atoms with Gasteiger partial charge < -0.3 is 15.1 Å². The van der Waals surface area contributed by atoms with Crippen LogP contribution in [0.1, 0.15) is 22.4 Å². The van der Waals surface area contributed by atoms with E-state index < -0.39 is 0 Å². The van der Waals surface area contributed by atoms with E-state index in [4.69, 9.17) is 4.99 Å². The van der Waals surface area contributed by atoms with E-state index in [0.29, 0.717) is 0 Å². The molecule has 0 radical (unpaired) electrons. The lowest BCUT2D eigenvalue weighted by Crippen LogP contribution is -2.52. The molecule has 1 aliphatic heterocycles. The van der Waals surface area contributed by atoms with Gasteiger partial charge in [0.2, 0.25) is 0 Å². The van der Waals surface area contributed by atoms with Crippen molar-refractivity contribution in [3.63, 3.8) is 0 Å². The van der Waals surface area contributed by atoms with Crippen LogP contribution in [-0.4, -0.2) is 55.1 Å². The smallest absolute Gasteiger partial charge is 0.194 e. The molecule has 2 heterocycles. The van der Waals surface area contributed by atoms with Gasteiger partial charge in [-0.15, -0.1) is 35.3 Å². The fourth-order valence-corrected chi connectivity index (χ4v) is 3.98. The van der Waals surface area contributed by atoms with Gasteiger partial charge in [-0.2, -0.15) is 0 Å². The zero-order chi connectivity index (χ0) is 18.4. The van der Waals surface area contributed by atoms with Crippen LogP contribution in [0.2, 0.25) is 0 Å². The summed E-state index contributed by atoms with van der Waals surface area (Å²) in [5.41, 5.74) is 2.64. The summed E-state index contributed by atoms with van der Waals surface area (Å²) in [6, 6.07) is 8.77. The Hall–Kier alpha value is -1.35. The number of piperazine rings is 1. The second-order valence-electron chi connectivity index (χ2n) is 6.66. The number of aliphatic imine (C=N–C) groups is 1. The summed E-state index contributed by atoms with van der Waals surface area (Å²) >= 11 is 1.77. The van der Waals surface area contributed by atoms with Crippen molar-refractivity contribution in [1.29, 1.82) is 0 Å². The number of hydrogen-bond donors (Lipinski definition) is 1. The maximum Gasteiger partial charge on any atom is 0.194 e. The summed E-state index contributed by atoms with van der Waals surface area (Å²) in [6.45, 7) is 12.1.